The molecule has 0 amide bonds. The number of ether oxygens (including phenoxy) is 1. The van der Waals surface area contributed by atoms with E-state index in [1.165, 1.54) is 24.3 Å². The molecule has 0 radical (unpaired) electrons. The van der Waals surface area contributed by atoms with E-state index >= 15 is 0 Å². The first-order valence-corrected chi connectivity index (χ1v) is 9.25. The van der Waals surface area contributed by atoms with Gasteiger partial charge in [-0.3, -0.25) is 9.88 Å². The van der Waals surface area contributed by atoms with E-state index in [4.69, 9.17) is 4.74 Å². The fourth-order valence-electron chi connectivity index (χ4n) is 3.85. The third-order valence-corrected chi connectivity index (χ3v) is 5.68. The van der Waals surface area contributed by atoms with Crippen molar-refractivity contribution in [1.29, 1.82) is 0 Å². The van der Waals surface area contributed by atoms with Crippen molar-refractivity contribution in [3.05, 3.63) is 46.9 Å². The highest BCUT2D eigenvalue weighted by Crippen LogP contribution is 2.36. The summed E-state index contributed by atoms with van der Waals surface area (Å²) in [6.45, 7) is 4.09. The average molecular weight is 329 g/mol. The Morgan fingerprint density at radius 2 is 2.39 bits per heavy atom. The summed E-state index contributed by atoms with van der Waals surface area (Å²) in [6.07, 6.45) is 7.18. The molecule has 2 aromatic heterocycles. The van der Waals surface area contributed by atoms with Gasteiger partial charge in [-0.1, -0.05) is 6.07 Å². The summed E-state index contributed by atoms with van der Waals surface area (Å²) < 4.78 is 6.29. The van der Waals surface area contributed by atoms with Gasteiger partial charge in [0, 0.05) is 30.4 Å². The highest BCUT2D eigenvalue weighted by molar-refractivity contribution is 7.09. The van der Waals surface area contributed by atoms with Crippen LogP contribution in [0.1, 0.15) is 24.1 Å². The smallest absolute Gasteiger partial charge is 0.0830 e. The minimum Gasteiger partial charge on any atom is -0.379 e. The molecule has 2 fully saturated rings. The molecule has 0 aromatic carbocycles. The first kappa shape index (κ1) is 15.1. The van der Waals surface area contributed by atoms with Gasteiger partial charge in [0.05, 0.1) is 23.9 Å². The lowest BCUT2D eigenvalue weighted by Crippen LogP contribution is -2.47. The molecule has 4 nitrogen and oxygen atoms in total. The van der Waals surface area contributed by atoms with E-state index in [-0.39, 0.29) is 5.60 Å². The molecule has 4 heterocycles. The highest BCUT2D eigenvalue weighted by Gasteiger charge is 2.43. The van der Waals surface area contributed by atoms with Crippen molar-refractivity contribution in [2.75, 3.05) is 25.0 Å². The molecule has 2 aliphatic rings. The quantitative estimate of drug-likeness (QED) is 0.933. The fourth-order valence-corrected chi connectivity index (χ4v) is 4.60. The summed E-state index contributed by atoms with van der Waals surface area (Å²) in [5.74, 6) is 0. The maximum absolute atomic E-state index is 6.29. The number of aromatic nitrogens is 1. The topological polar surface area (TPSA) is 37.4 Å². The Morgan fingerprint density at radius 1 is 1.39 bits per heavy atom. The van der Waals surface area contributed by atoms with Crippen LogP contribution in [0.3, 0.4) is 0 Å². The average Bonchev–Trinajstić information content (AvgIpc) is 3.19. The van der Waals surface area contributed by atoms with Crippen molar-refractivity contribution in [2.45, 2.75) is 37.5 Å². The summed E-state index contributed by atoms with van der Waals surface area (Å²) in [6, 6.07) is 8.80. The van der Waals surface area contributed by atoms with Crippen LogP contribution in [0, 0.1) is 0 Å². The molecule has 2 atom stereocenters. The summed E-state index contributed by atoms with van der Waals surface area (Å²) in [5, 5.41) is 5.73. The van der Waals surface area contributed by atoms with Crippen LogP contribution >= 0.6 is 11.3 Å². The van der Waals surface area contributed by atoms with Crippen molar-refractivity contribution in [3.63, 3.8) is 0 Å². The summed E-state index contributed by atoms with van der Waals surface area (Å²) in [4.78, 5) is 8.18. The second kappa shape index (κ2) is 6.59. The van der Waals surface area contributed by atoms with Crippen LogP contribution in [0.15, 0.2) is 42.0 Å². The van der Waals surface area contributed by atoms with Crippen LogP contribution < -0.4 is 5.32 Å². The Bertz CT molecular complexity index is 618. The van der Waals surface area contributed by atoms with E-state index in [9.17, 15) is 0 Å². The standard InChI is InChI=1S/C18H23N3OS/c1-4-15(11-19-7-1)20-16-10-18(22-13-16)6-3-8-21(14-18)12-17-5-2-9-23-17/h1-2,4-5,7,9,11,16,20H,3,6,8,10,12-14H2. The van der Waals surface area contributed by atoms with Crippen molar-refractivity contribution >= 4 is 17.0 Å². The van der Waals surface area contributed by atoms with Gasteiger partial charge in [-0.15, -0.1) is 11.3 Å². The van der Waals surface area contributed by atoms with Gasteiger partial charge in [0.2, 0.25) is 0 Å². The molecule has 122 valence electrons. The zero-order chi connectivity index (χ0) is 15.5. The molecule has 2 saturated heterocycles. The lowest BCUT2D eigenvalue weighted by atomic mass is 9.88. The van der Waals surface area contributed by atoms with Crippen LogP contribution in [-0.2, 0) is 11.3 Å². The van der Waals surface area contributed by atoms with Crippen LogP contribution in [0.2, 0.25) is 0 Å². The predicted octanol–water partition coefficient (Wildman–Crippen LogP) is 3.38. The Hall–Kier alpha value is -1.43. The molecule has 2 aliphatic heterocycles. The Morgan fingerprint density at radius 3 is 3.22 bits per heavy atom. The number of nitrogens with zero attached hydrogens (tertiary/aromatic N) is 2. The van der Waals surface area contributed by atoms with Crippen molar-refractivity contribution in [2.24, 2.45) is 0 Å². The molecule has 4 rings (SSSR count). The molecule has 1 spiro atoms. The summed E-state index contributed by atoms with van der Waals surface area (Å²) in [7, 11) is 0. The van der Waals surface area contributed by atoms with Crippen molar-refractivity contribution in [1.82, 2.24) is 9.88 Å². The van der Waals surface area contributed by atoms with Gasteiger partial charge in [-0.25, -0.2) is 0 Å². The maximum Gasteiger partial charge on any atom is 0.0830 e. The molecule has 0 saturated carbocycles. The number of likely N-dealkylation sites (tertiary alicyclic amines) is 1. The monoisotopic (exact) mass is 329 g/mol. The SMILES string of the molecule is c1cncc(NC2COC3(CCCN(Cc4cccs4)C3)C2)c1. The second-order valence-electron chi connectivity index (χ2n) is 6.67. The van der Waals surface area contributed by atoms with Crippen LogP contribution in [0.25, 0.3) is 0 Å². The second-order valence-corrected chi connectivity index (χ2v) is 7.71. The lowest BCUT2D eigenvalue weighted by Gasteiger charge is -2.39. The molecular weight excluding hydrogens is 306 g/mol. The van der Waals surface area contributed by atoms with Crippen LogP contribution in [0.5, 0.6) is 0 Å². The van der Waals surface area contributed by atoms with Crippen LogP contribution in [-0.4, -0.2) is 41.2 Å². The minimum atomic E-state index is 0.0371. The zero-order valence-corrected chi connectivity index (χ0v) is 14.1. The molecule has 0 bridgehead atoms. The number of pyridine rings is 1. The first-order chi connectivity index (χ1) is 11.3. The van der Waals surface area contributed by atoms with Gasteiger partial charge in [0.25, 0.3) is 0 Å². The zero-order valence-electron chi connectivity index (χ0n) is 13.3. The number of rotatable bonds is 4. The highest BCUT2D eigenvalue weighted by atomic mass is 32.1. The molecule has 23 heavy (non-hydrogen) atoms. The van der Waals surface area contributed by atoms with Gasteiger partial charge in [0.15, 0.2) is 0 Å². The Balaban J connectivity index is 1.37. The van der Waals surface area contributed by atoms with Crippen LogP contribution in [0.4, 0.5) is 5.69 Å². The summed E-state index contributed by atoms with van der Waals surface area (Å²) in [5.41, 5.74) is 1.12. The van der Waals surface area contributed by atoms with E-state index in [2.05, 4.69) is 38.8 Å². The maximum atomic E-state index is 6.29. The van der Waals surface area contributed by atoms with Crippen molar-refractivity contribution in [3.8, 4) is 0 Å². The van der Waals surface area contributed by atoms with E-state index in [1.54, 1.807) is 6.20 Å². The van der Waals surface area contributed by atoms with Gasteiger partial charge >= 0.3 is 0 Å². The fraction of sp³-hybridized carbons (Fsp3) is 0.500. The Labute approximate surface area is 141 Å². The summed E-state index contributed by atoms with van der Waals surface area (Å²) >= 11 is 1.85. The molecular formula is C18H23N3OS. The molecule has 2 aromatic rings. The van der Waals surface area contributed by atoms with Gasteiger partial charge in [0.1, 0.15) is 0 Å². The molecule has 2 unspecified atom stereocenters. The molecule has 1 N–H and O–H groups in total. The number of hydrogen-bond acceptors (Lipinski definition) is 5. The van der Waals surface area contributed by atoms with Gasteiger partial charge in [-0.2, -0.15) is 0 Å². The van der Waals surface area contributed by atoms with Crippen molar-refractivity contribution < 1.29 is 4.74 Å². The predicted molar refractivity (Wildman–Crippen MR) is 93.8 cm³/mol. The molecule has 0 aliphatic carbocycles. The number of anilines is 1. The van der Waals surface area contributed by atoms with E-state index in [0.717, 1.165) is 31.8 Å². The number of thiophene rings is 1. The Kier molecular flexibility index (Phi) is 4.33. The molecule has 5 heteroatoms. The third-order valence-electron chi connectivity index (χ3n) is 4.82. The normalized spacial score (nSPS) is 28.3. The van der Waals surface area contributed by atoms with E-state index < -0.39 is 0 Å². The largest absolute Gasteiger partial charge is 0.379 e. The van der Waals surface area contributed by atoms with Gasteiger partial charge < -0.3 is 10.1 Å². The van der Waals surface area contributed by atoms with E-state index in [1.807, 2.05) is 23.6 Å². The van der Waals surface area contributed by atoms with E-state index in [0.29, 0.717) is 6.04 Å². The number of hydrogen-bond donors (Lipinski definition) is 1. The number of nitrogens with one attached hydrogen (secondary N) is 1. The first-order valence-electron chi connectivity index (χ1n) is 8.37. The number of piperidine rings is 1. The lowest BCUT2D eigenvalue weighted by molar-refractivity contribution is -0.0531. The third kappa shape index (κ3) is 3.57. The van der Waals surface area contributed by atoms with Gasteiger partial charge in [-0.05, 0) is 49.4 Å². The minimum absolute atomic E-state index is 0.0371.